The Morgan fingerprint density at radius 1 is 1.19 bits per heavy atom. The van der Waals surface area contributed by atoms with Gasteiger partial charge in [-0.25, -0.2) is 8.78 Å². The number of benzene rings is 1. The summed E-state index contributed by atoms with van der Waals surface area (Å²) in [5.74, 6) is -4.31. The quantitative estimate of drug-likeness (QED) is 0.588. The van der Waals surface area contributed by atoms with E-state index in [1.54, 1.807) is 6.07 Å². The lowest BCUT2D eigenvalue weighted by atomic mass is 10.1. The smallest absolute Gasteiger partial charge is 0.316 e. The number of thioether (sulfide) groups is 1. The van der Waals surface area contributed by atoms with Crippen molar-refractivity contribution in [2.75, 3.05) is 26.5 Å². The Balaban J connectivity index is 3.01. The van der Waals surface area contributed by atoms with Gasteiger partial charge >= 0.3 is 12.3 Å². The molecule has 1 rings (SSSR count). The van der Waals surface area contributed by atoms with Crippen LogP contribution < -0.4 is 15.2 Å². The number of methoxy groups -OCH3 is 2. The van der Waals surface area contributed by atoms with E-state index in [1.165, 1.54) is 20.3 Å². The van der Waals surface area contributed by atoms with E-state index in [0.29, 0.717) is 41.1 Å². The minimum Gasteiger partial charge on any atom is -0.496 e. The van der Waals surface area contributed by atoms with E-state index in [0.717, 1.165) is 5.56 Å². The van der Waals surface area contributed by atoms with Crippen LogP contribution in [0.4, 0.5) is 17.6 Å². The predicted molar refractivity (Wildman–Crippen MR) is 74.0 cm³/mol. The van der Waals surface area contributed by atoms with Gasteiger partial charge in [-0.05, 0) is 30.7 Å². The van der Waals surface area contributed by atoms with Gasteiger partial charge in [0.05, 0.1) is 24.9 Å². The fourth-order valence-electron chi connectivity index (χ4n) is 1.63. The molecule has 0 aliphatic rings. The topological polar surface area (TPSA) is 44.5 Å². The molecular formula is C13H17F4NO2S. The molecule has 2 N–H and O–H groups in total. The third kappa shape index (κ3) is 4.67. The molecule has 0 aliphatic heterocycles. The SMILES string of the molecule is COc1cc(SCC(F)(F)C(F)F)c(OC)cc1CCN. The first kappa shape index (κ1) is 17.9. The molecule has 0 saturated carbocycles. The van der Waals surface area contributed by atoms with Crippen molar-refractivity contribution < 1.29 is 27.0 Å². The van der Waals surface area contributed by atoms with Gasteiger partial charge in [0.2, 0.25) is 0 Å². The van der Waals surface area contributed by atoms with Crippen LogP contribution in [-0.2, 0) is 6.42 Å². The average molecular weight is 327 g/mol. The fourth-order valence-corrected chi connectivity index (χ4v) is 2.58. The van der Waals surface area contributed by atoms with Crippen molar-refractivity contribution in [3.8, 4) is 11.5 Å². The molecule has 0 aromatic heterocycles. The van der Waals surface area contributed by atoms with Crippen molar-refractivity contribution in [1.29, 1.82) is 0 Å². The number of ether oxygens (including phenoxy) is 2. The summed E-state index contributed by atoms with van der Waals surface area (Å²) in [4.78, 5) is 0.315. The first-order valence-corrected chi connectivity index (χ1v) is 7.08. The minimum atomic E-state index is -4.06. The molecule has 0 amide bonds. The highest BCUT2D eigenvalue weighted by Gasteiger charge is 2.40. The highest BCUT2D eigenvalue weighted by Crippen LogP contribution is 2.39. The van der Waals surface area contributed by atoms with Crippen LogP contribution in [0, 0.1) is 0 Å². The summed E-state index contributed by atoms with van der Waals surface area (Å²) in [5.41, 5.74) is 6.24. The molecule has 0 spiro atoms. The monoisotopic (exact) mass is 327 g/mol. The van der Waals surface area contributed by atoms with Gasteiger partial charge in [0, 0.05) is 0 Å². The second-order valence-electron chi connectivity index (χ2n) is 4.20. The highest BCUT2D eigenvalue weighted by molar-refractivity contribution is 7.99. The number of hydrogen-bond donors (Lipinski definition) is 1. The van der Waals surface area contributed by atoms with Gasteiger partial charge in [0.25, 0.3) is 0 Å². The molecule has 0 radical (unpaired) electrons. The zero-order valence-corrected chi connectivity index (χ0v) is 12.5. The predicted octanol–water partition coefficient (Wildman–Crippen LogP) is 3.20. The van der Waals surface area contributed by atoms with E-state index in [9.17, 15) is 17.6 Å². The van der Waals surface area contributed by atoms with Gasteiger partial charge in [-0.1, -0.05) is 0 Å². The number of hydrogen-bond acceptors (Lipinski definition) is 4. The van der Waals surface area contributed by atoms with Gasteiger partial charge in [-0.2, -0.15) is 8.78 Å². The van der Waals surface area contributed by atoms with Crippen molar-refractivity contribution in [2.24, 2.45) is 5.73 Å². The Hall–Kier alpha value is -1.15. The second kappa shape index (κ2) is 7.74. The summed E-state index contributed by atoms with van der Waals surface area (Å²) in [6.07, 6.45) is -3.17. The lowest BCUT2D eigenvalue weighted by molar-refractivity contribution is -0.109. The lowest BCUT2D eigenvalue weighted by Gasteiger charge is -2.17. The molecule has 1 aromatic carbocycles. The van der Waals surface area contributed by atoms with Crippen LogP contribution in [0.2, 0.25) is 0 Å². The summed E-state index contributed by atoms with van der Waals surface area (Å²) in [6.45, 7) is 0.384. The Labute approximate surface area is 124 Å². The molecule has 120 valence electrons. The maximum atomic E-state index is 13.0. The summed E-state index contributed by atoms with van der Waals surface area (Å²) in [6, 6.07) is 3.12. The van der Waals surface area contributed by atoms with Crippen molar-refractivity contribution in [3.63, 3.8) is 0 Å². The molecule has 0 heterocycles. The summed E-state index contributed by atoms with van der Waals surface area (Å²) in [7, 11) is 2.81. The fraction of sp³-hybridized carbons (Fsp3) is 0.538. The maximum absolute atomic E-state index is 13.0. The van der Waals surface area contributed by atoms with E-state index in [2.05, 4.69) is 0 Å². The third-order valence-electron chi connectivity index (χ3n) is 2.72. The van der Waals surface area contributed by atoms with E-state index in [4.69, 9.17) is 15.2 Å². The first-order chi connectivity index (χ1) is 9.85. The molecule has 0 atom stereocenters. The minimum absolute atomic E-state index is 0.315. The zero-order valence-electron chi connectivity index (χ0n) is 11.7. The van der Waals surface area contributed by atoms with Crippen LogP contribution in [0.15, 0.2) is 17.0 Å². The van der Waals surface area contributed by atoms with Crippen LogP contribution in [0.3, 0.4) is 0 Å². The van der Waals surface area contributed by atoms with Crippen LogP contribution in [0.5, 0.6) is 11.5 Å². The van der Waals surface area contributed by atoms with Gasteiger partial charge < -0.3 is 15.2 Å². The number of rotatable bonds is 8. The van der Waals surface area contributed by atoms with Crippen LogP contribution in [0.1, 0.15) is 5.56 Å². The molecular weight excluding hydrogens is 310 g/mol. The number of halogens is 4. The van der Waals surface area contributed by atoms with E-state index in [1.807, 2.05) is 0 Å². The Bertz CT molecular complexity index is 472. The molecule has 21 heavy (non-hydrogen) atoms. The van der Waals surface area contributed by atoms with Crippen LogP contribution >= 0.6 is 11.8 Å². The van der Waals surface area contributed by atoms with Gasteiger partial charge in [-0.3, -0.25) is 0 Å². The first-order valence-electron chi connectivity index (χ1n) is 6.09. The molecule has 0 aliphatic carbocycles. The molecule has 0 unspecified atom stereocenters. The molecule has 0 fully saturated rings. The standard InChI is InChI=1S/C13H17F4NO2S/c1-19-9-6-11(21-7-13(16,17)12(14)15)10(20-2)5-8(9)3-4-18/h5-6,12H,3-4,7,18H2,1-2H3. The van der Waals surface area contributed by atoms with Gasteiger partial charge in [0.1, 0.15) is 11.5 Å². The summed E-state index contributed by atoms with van der Waals surface area (Å²) < 4.78 is 60.6. The number of nitrogens with two attached hydrogens (primary N) is 1. The third-order valence-corrected chi connectivity index (χ3v) is 3.88. The molecule has 8 heteroatoms. The molecule has 0 bridgehead atoms. The summed E-state index contributed by atoms with van der Waals surface area (Å²) >= 11 is 0.597. The van der Waals surface area contributed by atoms with Crippen molar-refractivity contribution >= 4 is 11.8 Å². The number of alkyl halides is 4. The van der Waals surface area contributed by atoms with Crippen LogP contribution in [0.25, 0.3) is 0 Å². The Morgan fingerprint density at radius 2 is 1.81 bits per heavy atom. The molecule has 0 saturated heterocycles. The average Bonchev–Trinajstić information content (AvgIpc) is 2.45. The van der Waals surface area contributed by atoms with Gasteiger partial charge in [-0.15, -0.1) is 11.8 Å². The lowest BCUT2D eigenvalue weighted by Crippen LogP contribution is -2.29. The van der Waals surface area contributed by atoms with Crippen LogP contribution in [-0.4, -0.2) is 38.9 Å². The Kier molecular flexibility index (Phi) is 6.60. The molecule has 3 nitrogen and oxygen atoms in total. The second-order valence-corrected chi connectivity index (χ2v) is 5.22. The van der Waals surface area contributed by atoms with Crippen molar-refractivity contribution in [1.82, 2.24) is 0 Å². The largest absolute Gasteiger partial charge is 0.496 e. The maximum Gasteiger partial charge on any atom is 0.316 e. The summed E-state index contributed by atoms with van der Waals surface area (Å²) in [5, 5.41) is 0. The Morgan fingerprint density at radius 3 is 2.29 bits per heavy atom. The normalized spacial score (nSPS) is 11.8. The zero-order chi connectivity index (χ0) is 16.0. The van der Waals surface area contributed by atoms with Crippen molar-refractivity contribution in [2.45, 2.75) is 23.7 Å². The van der Waals surface area contributed by atoms with E-state index < -0.39 is 18.1 Å². The molecule has 1 aromatic rings. The highest BCUT2D eigenvalue weighted by atomic mass is 32.2. The van der Waals surface area contributed by atoms with E-state index >= 15 is 0 Å². The van der Waals surface area contributed by atoms with E-state index in [-0.39, 0.29) is 0 Å². The van der Waals surface area contributed by atoms with Crippen molar-refractivity contribution in [3.05, 3.63) is 17.7 Å². The van der Waals surface area contributed by atoms with Gasteiger partial charge in [0.15, 0.2) is 0 Å².